The Hall–Kier alpha value is -0.870. The molecular formula is C21H36IN3O3S. The molecule has 0 bridgehead atoms. The molecule has 0 aliphatic carbocycles. The largest absolute Gasteiger partial charge is 0.493 e. The van der Waals surface area contributed by atoms with Gasteiger partial charge >= 0.3 is 0 Å². The van der Waals surface area contributed by atoms with E-state index < -0.39 is 10.8 Å². The minimum Gasteiger partial charge on any atom is -0.493 e. The molecule has 0 spiro atoms. The molecule has 29 heavy (non-hydrogen) atoms. The van der Waals surface area contributed by atoms with Gasteiger partial charge in [-0.1, -0.05) is 12.1 Å². The van der Waals surface area contributed by atoms with Crippen molar-refractivity contribution >= 4 is 40.7 Å². The van der Waals surface area contributed by atoms with Crippen molar-refractivity contribution in [3.05, 3.63) is 29.3 Å². The highest BCUT2D eigenvalue weighted by atomic mass is 127. The van der Waals surface area contributed by atoms with Gasteiger partial charge in [0.1, 0.15) is 5.75 Å². The number of ether oxygens (including phenoxy) is 2. The smallest absolute Gasteiger partial charge is 0.191 e. The Balaban J connectivity index is 0.00000420. The van der Waals surface area contributed by atoms with Crippen molar-refractivity contribution in [3.63, 3.8) is 0 Å². The monoisotopic (exact) mass is 537 g/mol. The van der Waals surface area contributed by atoms with Crippen molar-refractivity contribution in [2.75, 3.05) is 39.2 Å². The molecular weight excluding hydrogens is 501 g/mol. The lowest BCUT2D eigenvalue weighted by molar-refractivity contribution is 0.166. The maximum Gasteiger partial charge on any atom is 0.191 e. The number of nitrogens with zero attached hydrogens (tertiary/aromatic N) is 1. The van der Waals surface area contributed by atoms with Crippen molar-refractivity contribution in [1.82, 2.24) is 10.6 Å². The number of guanidine groups is 1. The predicted octanol–water partition coefficient (Wildman–Crippen LogP) is 3.24. The summed E-state index contributed by atoms with van der Waals surface area (Å²) in [6, 6.07) is 6.26. The standard InChI is InChI=1S/C21H35N3O3S.HI/c1-16-6-7-18(19(12-16)27-15-17-8-10-26-14-17)13-24-20(22-5)23-9-11-28(25)21(2,3)4;/h6-7,12,17H,8-11,13-15H2,1-5H3,(H2,22,23,24);1H. The molecule has 8 heteroatoms. The van der Waals surface area contributed by atoms with Gasteiger partial charge in [0, 0.05) is 59.5 Å². The fourth-order valence-electron chi connectivity index (χ4n) is 2.83. The number of benzene rings is 1. The Morgan fingerprint density at radius 2 is 2.10 bits per heavy atom. The zero-order valence-corrected chi connectivity index (χ0v) is 21.4. The summed E-state index contributed by atoms with van der Waals surface area (Å²) in [7, 11) is 0.857. The summed E-state index contributed by atoms with van der Waals surface area (Å²) in [5.41, 5.74) is 2.26. The third-order valence-electron chi connectivity index (χ3n) is 4.65. The molecule has 0 amide bonds. The first-order valence-corrected chi connectivity index (χ1v) is 11.2. The first-order chi connectivity index (χ1) is 13.3. The molecule has 0 radical (unpaired) electrons. The highest BCUT2D eigenvalue weighted by molar-refractivity contribution is 14.0. The third-order valence-corrected chi connectivity index (χ3v) is 6.59. The van der Waals surface area contributed by atoms with Crippen molar-refractivity contribution in [3.8, 4) is 5.75 Å². The second kappa shape index (κ2) is 12.7. The first-order valence-electron chi connectivity index (χ1n) is 9.92. The van der Waals surface area contributed by atoms with E-state index >= 15 is 0 Å². The zero-order valence-electron chi connectivity index (χ0n) is 18.2. The van der Waals surface area contributed by atoms with Gasteiger partial charge < -0.3 is 20.1 Å². The number of halogens is 1. The molecule has 1 aliphatic heterocycles. The van der Waals surface area contributed by atoms with Crippen molar-refractivity contribution in [2.24, 2.45) is 10.9 Å². The minimum absolute atomic E-state index is 0. The lowest BCUT2D eigenvalue weighted by atomic mass is 10.1. The van der Waals surface area contributed by atoms with Gasteiger partial charge in [0.15, 0.2) is 5.96 Å². The molecule has 1 saturated heterocycles. The van der Waals surface area contributed by atoms with Crippen LogP contribution >= 0.6 is 24.0 Å². The van der Waals surface area contributed by atoms with Crippen LogP contribution in [0.2, 0.25) is 0 Å². The highest BCUT2D eigenvalue weighted by Crippen LogP contribution is 2.22. The molecule has 0 saturated carbocycles. The van der Waals surface area contributed by atoms with Crippen LogP contribution < -0.4 is 15.4 Å². The molecule has 166 valence electrons. The zero-order chi connectivity index (χ0) is 20.6. The summed E-state index contributed by atoms with van der Waals surface area (Å²) in [5, 5.41) is 6.56. The molecule has 1 fully saturated rings. The van der Waals surface area contributed by atoms with Crippen LogP contribution in [0, 0.1) is 12.8 Å². The van der Waals surface area contributed by atoms with E-state index in [0.717, 1.165) is 30.9 Å². The van der Waals surface area contributed by atoms with E-state index in [1.165, 1.54) is 5.56 Å². The van der Waals surface area contributed by atoms with Crippen LogP contribution in [0.4, 0.5) is 0 Å². The van der Waals surface area contributed by atoms with E-state index in [9.17, 15) is 4.21 Å². The topological polar surface area (TPSA) is 72.0 Å². The van der Waals surface area contributed by atoms with Gasteiger partial charge in [-0.15, -0.1) is 24.0 Å². The summed E-state index contributed by atoms with van der Waals surface area (Å²) < 4.78 is 23.5. The molecule has 2 rings (SSSR count). The molecule has 1 heterocycles. The van der Waals surface area contributed by atoms with E-state index in [4.69, 9.17) is 9.47 Å². The minimum atomic E-state index is -0.882. The quantitative estimate of drug-likeness (QED) is 0.303. The second-order valence-corrected chi connectivity index (χ2v) is 10.5. The van der Waals surface area contributed by atoms with Gasteiger partial charge in [-0.2, -0.15) is 0 Å². The molecule has 6 nitrogen and oxygen atoms in total. The molecule has 2 unspecified atom stereocenters. The Bertz CT molecular complexity index is 686. The van der Waals surface area contributed by atoms with Crippen molar-refractivity contribution in [1.29, 1.82) is 0 Å². The third kappa shape index (κ3) is 9.21. The predicted molar refractivity (Wildman–Crippen MR) is 132 cm³/mol. The summed E-state index contributed by atoms with van der Waals surface area (Å²) in [5.74, 6) is 2.66. The molecule has 1 aliphatic rings. The summed E-state index contributed by atoms with van der Waals surface area (Å²) >= 11 is 0. The van der Waals surface area contributed by atoms with Crippen LogP contribution in [0.25, 0.3) is 0 Å². The van der Waals surface area contributed by atoms with Crippen LogP contribution in [0.1, 0.15) is 38.3 Å². The molecule has 0 aromatic heterocycles. The van der Waals surface area contributed by atoms with E-state index in [1.807, 2.05) is 20.8 Å². The average Bonchev–Trinajstić information content (AvgIpc) is 3.16. The number of rotatable bonds is 8. The van der Waals surface area contributed by atoms with Gasteiger partial charge in [-0.3, -0.25) is 9.20 Å². The Morgan fingerprint density at radius 3 is 2.72 bits per heavy atom. The summed E-state index contributed by atoms with van der Waals surface area (Å²) in [6.07, 6.45) is 1.06. The lowest BCUT2D eigenvalue weighted by Crippen LogP contribution is -2.40. The van der Waals surface area contributed by atoms with E-state index in [1.54, 1.807) is 7.05 Å². The van der Waals surface area contributed by atoms with Crippen molar-refractivity contribution < 1.29 is 13.7 Å². The summed E-state index contributed by atoms with van der Waals surface area (Å²) in [6.45, 7) is 11.6. The molecule has 2 atom stereocenters. The fraction of sp³-hybridized carbons (Fsp3) is 0.667. The van der Waals surface area contributed by atoms with E-state index in [0.29, 0.717) is 37.3 Å². The number of aliphatic imine (C=N–C) groups is 1. The lowest BCUT2D eigenvalue weighted by Gasteiger charge is -2.19. The van der Waals surface area contributed by atoms with Crippen LogP contribution in [0.3, 0.4) is 0 Å². The number of nitrogens with one attached hydrogen (secondary N) is 2. The highest BCUT2D eigenvalue weighted by Gasteiger charge is 2.19. The Kier molecular flexibility index (Phi) is 11.5. The SMILES string of the molecule is CN=C(NCCS(=O)C(C)(C)C)NCc1ccc(C)cc1OCC1CCOC1.I. The number of hydrogen-bond acceptors (Lipinski definition) is 4. The number of aryl methyl sites for hydroxylation is 1. The fourth-order valence-corrected chi connectivity index (χ4v) is 3.73. The Morgan fingerprint density at radius 1 is 1.34 bits per heavy atom. The van der Waals surface area contributed by atoms with E-state index in [2.05, 4.69) is 40.7 Å². The van der Waals surface area contributed by atoms with Gasteiger partial charge in [-0.25, -0.2) is 0 Å². The van der Waals surface area contributed by atoms with Crippen LogP contribution in [-0.2, 0) is 22.1 Å². The number of hydrogen-bond donors (Lipinski definition) is 2. The second-order valence-electron chi connectivity index (χ2n) is 8.17. The van der Waals surface area contributed by atoms with Gasteiger partial charge in [-0.05, 0) is 45.7 Å². The molecule has 1 aromatic carbocycles. The molecule has 2 N–H and O–H groups in total. The van der Waals surface area contributed by atoms with Crippen LogP contribution in [0.5, 0.6) is 5.75 Å². The first kappa shape index (κ1) is 26.2. The van der Waals surface area contributed by atoms with Crippen molar-refractivity contribution in [2.45, 2.75) is 45.4 Å². The normalized spacial score (nSPS) is 18.1. The van der Waals surface area contributed by atoms with Crippen LogP contribution in [0.15, 0.2) is 23.2 Å². The van der Waals surface area contributed by atoms with Gasteiger partial charge in [0.25, 0.3) is 0 Å². The van der Waals surface area contributed by atoms with Gasteiger partial charge in [0.2, 0.25) is 0 Å². The maximum atomic E-state index is 12.2. The van der Waals surface area contributed by atoms with E-state index in [-0.39, 0.29) is 28.7 Å². The Labute approximate surface area is 195 Å². The molecule has 1 aromatic rings. The summed E-state index contributed by atoms with van der Waals surface area (Å²) in [4.78, 5) is 4.26. The van der Waals surface area contributed by atoms with Crippen LogP contribution in [-0.4, -0.2) is 54.1 Å². The maximum absolute atomic E-state index is 12.2. The van der Waals surface area contributed by atoms with Gasteiger partial charge in [0.05, 0.1) is 13.2 Å². The average molecular weight is 538 g/mol.